The first-order chi connectivity index (χ1) is 13.2. The van der Waals surface area contributed by atoms with Gasteiger partial charge in [0.15, 0.2) is 0 Å². The van der Waals surface area contributed by atoms with Crippen molar-refractivity contribution in [2.24, 2.45) is 0 Å². The van der Waals surface area contributed by atoms with E-state index in [1.165, 1.54) is 0 Å². The molecule has 27 heavy (non-hydrogen) atoms. The lowest BCUT2D eigenvalue weighted by molar-refractivity contribution is 0.690. The maximum absolute atomic E-state index is 8.53. The molecule has 0 amide bonds. The van der Waals surface area contributed by atoms with E-state index in [4.69, 9.17) is 5.41 Å². The van der Waals surface area contributed by atoms with Gasteiger partial charge in [-0.3, -0.25) is 10.4 Å². The van der Waals surface area contributed by atoms with Crippen molar-refractivity contribution in [3.05, 3.63) is 107 Å². The second-order valence-electron chi connectivity index (χ2n) is 6.28. The Morgan fingerprint density at radius 1 is 1.26 bits per heavy atom. The molecule has 0 saturated carbocycles. The maximum atomic E-state index is 8.53. The summed E-state index contributed by atoms with van der Waals surface area (Å²) in [5.74, 6) is 0.504. The molecule has 0 radical (unpaired) electrons. The smallest absolute Gasteiger partial charge is 0.109 e. The van der Waals surface area contributed by atoms with Crippen LogP contribution >= 0.6 is 0 Å². The Labute approximate surface area is 160 Å². The number of rotatable bonds is 4. The van der Waals surface area contributed by atoms with Crippen LogP contribution in [0.5, 0.6) is 0 Å². The molecular weight excluding hydrogens is 330 g/mol. The zero-order valence-electron chi connectivity index (χ0n) is 15.5. The van der Waals surface area contributed by atoms with E-state index in [9.17, 15) is 0 Å². The van der Waals surface area contributed by atoms with Gasteiger partial charge < -0.3 is 4.90 Å². The molecule has 0 bridgehead atoms. The Bertz CT molecular complexity index is 1040. The molecule has 0 fully saturated rings. The van der Waals surface area contributed by atoms with Crippen LogP contribution in [0, 0.1) is 5.41 Å². The Hall–Kier alpha value is -3.46. The van der Waals surface area contributed by atoms with Crippen molar-refractivity contribution in [2.45, 2.75) is 13.3 Å². The fraction of sp³-hybridized carbons (Fsp3) is 0.0833. The van der Waals surface area contributed by atoms with Gasteiger partial charge in [0, 0.05) is 30.7 Å². The fourth-order valence-corrected chi connectivity index (χ4v) is 2.83. The highest BCUT2D eigenvalue weighted by molar-refractivity contribution is 5.86. The topological polar surface area (TPSA) is 40.0 Å². The Kier molecular flexibility index (Phi) is 5.95. The van der Waals surface area contributed by atoms with Gasteiger partial charge in [0.05, 0.1) is 0 Å². The molecule has 2 aromatic rings. The SMILES string of the molecule is C=c1ccc(/C=C2\C=CC=CN2C(=N)Cc2cccnc2)c/c1=C/C=C\C. The van der Waals surface area contributed by atoms with Crippen LogP contribution in [-0.2, 0) is 6.42 Å². The summed E-state index contributed by atoms with van der Waals surface area (Å²) in [5.41, 5.74) is 3.06. The number of nitrogens with zero attached hydrogens (tertiary/aromatic N) is 2. The van der Waals surface area contributed by atoms with Gasteiger partial charge in [0.1, 0.15) is 5.84 Å². The predicted molar refractivity (Wildman–Crippen MR) is 114 cm³/mol. The average molecular weight is 353 g/mol. The first-order valence-corrected chi connectivity index (χ1v) is 8.91. The van der Waals surface area contributed by atoms with Crippen LogP contribution in [0.2, 0.25) is 0 Å². The molecule has 1 aliphatic rings. The normalized spacial score (nSPS) is 15.8. The molecule has 0 aliphatic carbocycles. The van der Waals surface area contributed by atoms with E-state index in [1.54, 1.807) is 12.4 Å². The molecule has 2 heterocycles. The predicted octanol–water partition coefficient (Wildman–Crippen LogP) is 3.79. The van der Waals surface area contributed by atoms with E-state index in [0.29, 0.717) is 12.3 Å². The molecular formula is C24H23N3. The Morgan fingerprint density at radius 3 is 2.93 bits per heavy atom. The molecule has 0 atom stereocenters. The highest BCUT2D eigenvalue weighted by Crippen LogP contribution is 2.17. The van der Waals surface area contributed by atoms with Crippen LogP contribution < -0.4 is 10.4 Å². The molecule has 1 aliphatic heterocycles. The van der Waals surface area contributed by atoms with Gasteiger partial charge in [-0.2, -0.15) is 0 Å². The number of pyridine rings is 1. The van der Waals surface area contributed by atoms with E-state index in [2.05, 4.69) is 35.8 Å². The van der Waals surface area contributed by atoms with Crippen molar-refractivity contribution in [3.63, 3.8) is 0 Å². The molecule has 0 spiro atoms. The Balaban J connectivity index is 1.90. The molecule has 3 rings (SSSR count). The number of hydrogen-bond acceptors (Lipinski definition) is 2. The van der Waals surface area contributed by atoms with Gasteiger partial charge in [-0.05, 0) is 58.8 Å². The summed E-state index contributed by atoms with van der Waals surface area (Å²) in [5, 5.41) is 10.6. The summed E-state index contributed by atoms with van der Waals surface area (Å²) < 4.78 is 0. The number of benzene rings is 1. The van der Waals surface area contributed by atoms with E-state index < -0.39 is 0 Å². The minimum Gasteiger partial charge on any atom is -0.306 e. The molecule has 1 N–H and O–H groups in total. The van der Waals surface area contributed by atoms with Crippen molar-refractivity contribution < 1.29 is 0 Å². The zero-order chi connectivity index (χ0) is 19.1. The highest BCUT2D eigenvalue weighted by atomic mass is 15.2. The number of nitrogens with one attached hydrogen (secondary N) is 1. The summed E-state index contributed by atoms with van der Waals surface area (Å²) in [6, 6.07) is 10.1. The van der Waals surface area contributed by atoms with Crippen LogP contribution in [0.4, 0.5) is 0 Å². The van der Waals surface area contributed by atoms with E-state index >= 15 is 0 Å². The monoisotopic (exact) mass is 353 g/mol. The van der Waals surface area contributed by atoms with E-state index in [-0.39, 0.29) is 0 Å². The second kappa shape index (κ2) is 8.77. The fourth-order valence-electron chi connectivity index (χ4n) is 2.83. The van der Waals surface area contributed by atoms with Gasteiger partial charge in [0.25, 0.3) is 0 Å². The lowest BCUT2D eigenvalue weighted by Gasteiger charge is -2.24. The van der Waals surface area contributed by atoms with Gasteiger partial charge in [-0.25, -0.2) is 0 Å². The summed E-state index contributed by atoms with van der Waals surface area (Å²) in [4.78, 5) is 6.04. The van der Waals surface area contributed by atoms with E-state index in [1.807, 2.05) is 66.6 Å². The van der Waals surface area contributed by atoms with Crippen molar-refractivity contribution in [3.8, 4) is 0 Å². The first kappa shape index (κ1) is 18.3. The van der Waals surface area contributed by atoms with Crippen LogP contribution in [0.1, 0.15) is 18.1 Å². The molecule has 0 saturated heterocycles. The summed E-state index contributed by atoms with van der Waals surface area (Å²) in [6.45, 7) is 6.09. The molecule has 3 heteroatoms. The molecule has 3 nitrogen and oxygen atoms in total. The molecule has 1 aromatic carbocycles. The summed E-state index contributed by atoms with van der Waals surface area (Å²) in [7, 11) is 0. The quantitative estimate of drug-likeness (QED) is 0.671. The van der Waals surface area contributed by atoms with Gasteiger partial charge in [-0.15, -0.1) is 0 Å². The Morgan fingerprint density at radius 2 is 2.15 bits per heavy atom. The van der Waals surface area contributed by atoms with Gasteiger partial charge in [-0.1, -0.05) is 49.1 Å². The van der Waals surface area contributed by atoms with Crippen molar-refractivity contribution in [2.75, 3.05) is 0 Å². The van der Waals surface area contributed by atoms with Crippen molar-refractivity contribution in [1.29, 1.82) is 5.41 Å². The minimum absolute atomic E-state index is 0.504. The van der Waals surface area contributed by atoms with Crippen molar-refractivity contribution in [1.82, 2.24) is 9.88 Å². The highest BCUT2D eigenvalue weighted by Gasteiger charge is 2.13. The van der Waals surface area contributed by atoms with Gasteiger partial charge >= 0.3 is 0 Å². The maximum Gasteiger partial charge on any atom is 0.109 e. The molecule has 0 unspecified atom stereocenters. The van der Waals surface area contributed by atoms with Crippen LogP contribution in [-0.4, -0.2) is 15.7 Å². The number of aromatic nitrogens is 1. The average Bonchev–Trinajstić information content (AvgIpc) is 2.69. The van der Waals surface area contributed by atoms with Crippen LogP contribution in [0.25, 0.3) is 18.7 Å². The lowest BCUT2D eigenvalue weighted by Crippen LogP contribution is -2.26. The molecule has 134 valence electrons. The third-order valence-electron chi connectivity index (χ3n) is 4.23. The minimum atomic E-state index is 0.504. The summed E-state index contributed by atoms with van der Waals surface area (Å²) >= 11 is 0. The largest absolute Gasteiger partial charge is 0.306 e. The number of allylic oxidation sites excluding steroid dienone is 5. The van der Waals surface area contributed by atoms with Crippen LogP contribution in [0.3, 0.4) is 0 Å². The number of amidine groups is 1. The molecule has 1 aromatic heterocycles. The van der Waals surface area contributed by atoms with Crippen molar-refractivity contribution >= 4 is 24.6 Å². The third-order valence-corrected chi connectivity index (χ3v) is 4.23. The number of hydrogen-bond donors (Lipinski definition) is 1. The summed E-state index contributed by atoms with van der Waals surface area (Å²) in [6.07, 6.45) is 20.1. The lowest BCUT2D eigenvalue weighted by atomic mass is 10.1. The van der Waals surface area contributed by atoms with Gasteiger partial charge in [0.2, 0.25) is 0 Å². The third kappa shape index (κ3) is 4.79. The zero-order valence-corrected chi connectivity index (χ0v) is 15.5. The van der Waals surface area contributed by atoms with E-state index in [0.717, 1.165) is 27.3 Å². The standard InChI is InChI=1S/C24H23N3/c1-3-4-9-22-15-20(12-11-19(22)2)16-23-10-5-6-14-27(23)24(25)17-21-8-7-13-26-18-21/h3-16,18,25H,2,17H2,1H3/b4-3-,22-9-,23-16+,25-24?. The van der Waals surface area contributed by atoms with Crippen LogP contribution in [0.15, 0.2) is 85.0 Å². The second-order valence-corrected chi connectivity index (χ2v) is 6.28. The first-order valence-electron chi connectivity index (χ1n) is 8.91.